The van der Waals surface area contributed by atoms with Crippen LogP contribution < -0.4 is 4.90 Å². The number of methoxy groups -OCH3 is 1. The summed E-state index contributed by atoms with van der Waals surface area (Å²) in [6.07, 6.45) is 4.85. The quantitative estimate of drug-likeness (QED) is 0.858. The lowest BCUT2D eigenvalue weighted by Crippen LogP contribution is -2.48. The molecule has 1 N–H and O–H groups in total. The molecule has 6 nitrogen and oxygen atoms in total. The predicted octanol–water partition coefficient (Wildman–Crippen LogP) is 1.83. The zero-order valence-electron chi connectivity index (χ0n) is 13.1. The summed E-state index contributed by atoms with van der Waals surface area (Å²) in [6, 6.07) is 0. The van der Waals surface area contributed by atoms with E-state index in [2.05, 4.69) is 16.9 Å². The molecular formula is C15H23N3O3. The van der Waals surface area contributed by atoms with E-state index < -0.39 is 5.97 Å². The van der Waals surface area contributed by atoms with Gasteiger partial charge in [0.05, 0.1) is 11.3 Å². The Morgan fingerprint density at radius 2 is 2.24 bits per heavy atom. The van der Waals surface area contributed by atoms with Crippen LogP contribution in [0.25, 0.3) is 6.08 Å². The fraction of sp³-hybridized carbons (Fsp3) is 0.600. The molecule has 1 saturated heterocycles. The van der Waals surface area contributed by atoms with Crippen molar-refractivity contribution in [2.75, 3.05) is 25.1 Å². The number of aryl methyl sites for hydroxylation is 2. The van der Waals surface area contributed by atoms with Crippen LogP contribution in [0.1, 0.15) is 31.0 Å². The highest BCUT2D eigenvalue weighted by Crippen LogP contribution is 2.31. The fourth-order valence-corrected chi connectivity index (χ4v) is 2.94. The lowest BCUT2D eigenvalue weighted by Gasteiger charge is -2.40. The highest BCUT2D eigenvalue weighted by molar-refractivity contribution is 5.87. The number of rotatable bonds is 4. The molecule has 1 aliphatic rings. The van der Waals surface area contributed by atoms with E-state index in [0.29, 0.717) is 0 Å². The van der Waals surface area contributed by atoms with Gasteiger partial charge in [0.25, 0.3) is 0 Å². The number of hydrogen-bond acceptors (Lipinski definition) is 4. The van der Waals surface area contributed by atoms with Crippen LogP contribution in [0, 0.1) is 6.92 Å². The topological polar surface area (TPSA) is 67.6 Å². The van der Waals surface area contributed by atoms with E-state index in [-0.39, 0.29) is 5.60 Å². The number of carboxylic acid groups (broad SMARTS) is 1. The van der Waals surface area contributed by atoms with Crippen LogP contribution in [0.2, 0.25) is 0 Å². The van der Waals surface area contributed by atoms with Crippen molar-refractivity contribution in [3.8, 4) is 0 Å². The average Bonchev–Trinajstić information content (AvgIpc) is 2.70. The molecule has 2 rings (SSSR count). The average molecular weight is 293 g/mol. The first kappa shape index (κ1) is 15.6. The van der Waals surface area contributed by atoms with Crippen molar-refractivity contribution >= 4 is 17.9 Å². The molecule has 1 aliphatic heterocycles. The Morgan fingerprint density at radius 3 is 2.86 bits per heavy atom. The second kappa shape index (κ2) is 5.89. The van der Waals surface area contributed by atoms with Gasteiger partial charge in [-0.2, -0.15) is 5.10 Å². The van der Waals surface area contributed by atoms with Gasteiger partial charge in [-0.15, -0.1) is 0 Å². The molecule has 1 aromatic heterocycles. The minimum atomic E-state index is -0.954. The molecule has 6 heteroatoms. The Labute approximate surface area is 125 Å². The van der Waals surface area contributed by atoms with Gasteiger partial charge in [-0.25, -0.2) is 4.79 Å². The van der Waals surface area contributed by atoms with E-state index in [4.69, 9.17) is 9.84 Å². The van der Waals surface area contributed by atoms with E-state index in [0.717, 1.165) is 49.1 Å². The molecule has 2 heterocycles. The molecule has 0 bridgehead atoms. The summed E-state index contributed by atoms with van der Waals surface area (Å²) in [5, 5.41) is 13.3. The molecule has 0 aliphatic carbocycles. The van der Waals surface area contributed by atoms with Gasteiger partial charge >= 0.3 is 5.97 Å². The van der Waals surface area contributed by atoms with Crippen molar-refractivity contribution in [3.63, 3.8) is 0 Å². The maximum atomic E-state index is 10.8. The van der Waals surface area contributed by atoms with E-state index >= 15 is 0 Å². The molecule has 1 atom stereocenters. The molecule has 1 fully saturated rings. The molecule has 0 saturated carbocycles. The van der Waals surface area contributed by atoms with Crippen LogP contribution in [0.5, 0.6) is 0 Å². The van der Waals surface area contributed by atoms with Crippen molar-refractivity contribution in [2.24, 2.45) is 7.05 Å². The number of ether oxygens (including phenoxy) is 1. The largest absolute Gasteiger partial charge is 0.478 e. The minimum Gasteiger partial charge on any atom is -0.478 e. The summed E-state index contributed by atoms with van der Waals surface area (Å²) in [5.41, 5.74) is 1.51. The van der Waals surface area contributed by atoms with Gasteiger partial charge in [0.2, 0.25) is 0 Å². The SMILES string of the molecule is COC1(C)CCCN(c2c(/C=C/C(=O)O)c(C)nn2C)C1. The lowest BCUT2D eigenvalue weighted by molar-refractivity contribution is -0.131. The third kappa shape index (κ3) is 3.26. The minimum absolute atomic E-state index is 0.176. The van der Waals surface area contributed by atoms with E-state index in [1.54, 1.807) is 13.2 Å². The Balaban J connectivity index is 2.36. The van der Waals surface area contributed by atoms with Gasteiger partial charge in [-0.1, -0.05) is 0 Å². The van der Waals surface area contributed by atoms with Crippen LogP contribution in [0.3, 0.4) is 0 Å². The first-order valence-corrected chi connectivity index (χ1v) is 7.11. The molecule has 116 valence electrons. The zero-order valence-corrected chi connectivity index (χ0v) is 13.1. The van der Waals surface area contributed by atoms with Gasteiger partial charge < -0.3 is 14.7 Å². The van der Waals surface area contributed by atoms with Crippen molar-refractivity contribution in [1.29, 1.82) is 0 Å². The number of aromatic nitrogens is 2. The van der Waals surface area contributed by atoms with Crippen LogP contribution in [0.15, 0.2) is 6.08 Å². The summed E-state index contributed by atoms with van der Waals surface area (Å²) < 4.78 is 7.45. The summed E-state index contributed by atoms with van der Waals surface area (Å²) in [4.78, 5) is 13.0. The highest BCUT2D eigenvalue weighted by atomic mass is 16.5. The maximum Gasteiger partial charge on any atom is 0.328 e. The molecular weight excluding hydrogens is 270 g/mol. The molecule has 0 radical (unpaired) electrons. The summed E-state index contributed by atoms with van der Waals surface area (Å²) in [5.74, 6) is -0.00227. The third-order valence-electron chi connectivity index (χ3n) is 4.08. The van der Waals surface area contributed by atoms with Gasteiger partial charge in [0.15, 0.2) is 0 Å². The lowest BCUT2D eigenvalue weighted by atomic mass is 9.94. The number of piperidine rings is 1. The van der Waals surface area contributed by atoms with Crippen molar-refractivity contribution in [3.05, 3.63) is 17.3 Å². The van der Waals surface area contributed by atoms with Gasteiger partial charge in [0.1, 0.15) is 5.82 Å². The Kier molecular flexibility index (Phi) is 4.37. The van der Waals surface area contributed by atoms with Crippen molar-refractivity contribution in [2.45, 2.75) is 32.3 Å². The fourth-order valence-electron chi connectivity index (χ4n) is 2.94. The summed E-state index contributed by atoms with van der Waals surface area (Å²) in [6.45, 7) is 5.70. The Bertz CT molecular complexity index is 565. The van der Waals surface area contributed by atoms with Crippen LogP contribution >= 0.6 is 0 Å². The number of nitrogens with zero attached hydrogens (tertiary/aromatic N) is 3. The second-order valence-electron chi connectivity index (χ2n) is 5.80. The van der Waals surface area contributed by atoms with Gasteiger partial charge in [0, 0.05) is 38.9 Å². The Morgan fingerprint density at radius 1 is 1.52 bits per heavy atom. The molecule has 1 aromatic rings. The van der Waals surface area contributed by atoms with E-state index in [1.807, 2.05) is 18.7 Å². The molecule has 0 aromatic carbocycles. The van der Waals surface area contributed by atoms with Crippen molar-refractivity contribution in [1.82, 2.24) is 9.78 Å². The first-order chi connectivity index (χ1) is 9.86. The highest BCUT2D eigenvalue weighted by Gasteiger charge is 2.33. The second-order valence-corrected chi connectivity index (χ2v) is 5.80. The maximum absolute atomic E-state index is 10.8. The summed E-state index contributed by atoms with van der Waals surface area (Å²) in [7, 11) is 3.63. The van der Waals surface area contributed by atoms with Crippen LogP contribution in [-0.2, 0) is 16.6 Å². The van der Waals surface area contributed by atoms with Crippen molar-refractivity contribution < 1.29 is 14.6 Å². The normalized spacial score (nSPS) is 23.0. The number of carbonyl (C=O) groups is 1. The van der Waals surface area contributed by atoms with Gasteiger partial charge in [-0.3, -0.25) is 4.68 Å². The monoisotopic (exact) mass is 293 g/mol. The van der Waals surface area contributed by atoms with Gasteiger partial charge in [-0.05, 0) is 32.8 Å². The standard InChI is InChI=1S/C15H23N3O3/c1-11-12(6-7-13(19)20)14(17(3)16-11)18-9-5-8-15(2,10-18)21-4/h6-7H,5,8-10H2,1-4H3,(H,19,20)/b7-6+. The number of anilines is 1. The smallest absolute Gasteiger partial charge is 0.328 e. The molecule has 0 spiro atoms. The number of carboxylic acids is 1. The first-order valence-electron chi connectivity index (χ1n) is 7.11. The zero-order chi connectivity index (χ0) is 15.6. The number of hydrogen-bond donors (Lipinski definition) is 1. The Hall–Kier alpha value is -1.82. The third-order valence-corrected chi connectivity index (χ3v) is 4.08. The molecule has 0 amide bonds. The van der Waals surface area contributed by atoms with Crippen LogP contribution in [-0.4, -0.2) is 46.7 Å². The number of aliphatic carboxylic acids is 1. The summed E-state index contributed by atoms with van der Waals surface area (Å²) >= 11 is 0. The van der Waals surface area contributed by atoms with Crippen LogP contribution in [0.4, 0.5) is 5.82 Å². The molecule has 21 heavy (non-hydrogen) atoms. The predicted molar refractivity (Wildman–Crippen MR) is 81.5 cm³/mol. The van der Waals surface area contributed by atoms with E-state index in [9.17, 15) is 4.79 Å². The molecule has 1 unspecified atom stereocenters. The van der Waals surface area contributed by atoms with E-state index in [1.165, 1.54) is 0 Å².